The molecule has 0 fully saturated rings. The molecule has 8 aromatic carbocycles. The molecule has 3 nitrogen and oxygen atoms in total. The fraction of sp³-hybridized carbons (Fsp3) is 0. The molecule has 0 aliphatic rings. The summed E-state index contributed by atoms with van der Waals surface area (Å²) in [5, 5.41) is 27.6. The fourth-order valence-corrected chi connectivity index (χ4v) is 7.62. The van der Waals surface area contributed by atoms with E-state index in [0.717, 1.165) is 71.6 Å². The first-order chi connectivity index (χ1) is 24.3. The summed E-state index contributed by atoms with van der Waals surface area (Å²) >= 11 is 0. The first kappa shape index (κ1) is 28.3. The third-order valence-electron chi connectivity index (χ3n) is 9.70. The minimum absolute atomic E-state index is 0.364. The van der Waals surface area contributed by atoms with Gasteiger partial charge in [0.05, 0.1) is 22.2 Å². The zero-order valence-corrected chi connectivity index (χ0v) is 26.4. The normalized spacial score (nSPS) is 11.2. The lowest BCUT2D eigenvalue weighted by atomic mass is 9.81. The van der Waals surface area contributed by atoms with Gasteiger partial charge in [-0.2, -0.15) is 10.5 Å². The summed E-state index contributed by atoms with van der Waals surface area (Å²) in [5.41, 5.74) is 10.0. The quantitative estimate of drug-likeness (QED) is 0.184. The van der Waals surface area contributed by atoms with Crippen LogP contribution in [-0.4, -0.2) is 4.57 Å². The molecule has 0 amide bonds. The van der Waals surface area contributed by atoms with Crippen molar-refractivity contribution in [1.29, 1.82) is 10.5 Å². The molecule has 3 heteroatoms. The van der Waals surface area contributed by atoms with Gasteiger partial charge in [-0.3, -0.25) is 0 Å². The molecule has 0 N–H and O–H groups in total. The molecule has 0 aliphatic carbocycles. The van der Waals surface area contributed by atoms with Crippen LogP contribution in [0.15, 0.2) is 164 Å². The Morgan fingerprint density at radius 2 is 0.857 bits per heavy atom. The lowest BCUT2D eigenvalue weighted by Gasteiger charge is -2.21. The van der Waals surface area contributed by atoms with Crippen LogP contribution in [-0.2, 0) is 0 Å². The SMILES string of the molecule is N#Cc1ccc(-c2ccc(-n3c4ccccc4c4ccccc43)cc2)c(-c2c3ccccc3c(-c3ccccc3)c3ccccc23)c1C#N. The van der Waals surface area contributed by atoms with Gasteiger partial charge in [0.25, 0.3) is 0 Å². The van der Waals surface area contributed by atoms with Crippen LogP contribution >= 0.6 is 0 Å². The lowest BCUT2D eigenvalue weighted by molar-refractivity contribution is 1.18. The van der Waals surface area contributed by atoms with Crippen molar-refractivity contribution in [1.82, 2.24) is 4.57 Å². The summed E-state index contributed by atoms with van der Waals surface area (Å²) in [4.78, 5) is 0. The summed E-state index contributed by atoms with van der Waals surface area (Å²) in [5.74, 6) is 0. The highest BCUT2D eigenvalue weighted by atomic mass is 15.0. The van der Waals surface area contributed by atoms with Crippen molar-refractivity contribution in [2.24, 2.45) is 0 Å². The van der Waals surface area contributed by atoms with E-state index >= 15 is 0 Å². The third kappa shape index (κ3) is 4.35. The molecule has 0 saturated carbocycles. The standard InChI is InChI=1S/C46H27N3/c47-28-32-24-27-34(30-22-25-33(26-23-30)49-42-20-10-8-14-35(42)36-15-9-11-21-43(36)49)45(41(32)29-48)46-39-18-6-4-16-37(39)44(31-12-2-1-3-13-31)38-17-5-7-19-40(38)46/h1-27H. The lowest BCUT2D eigenvalue weighted by Crippen LogP contribution is -1.98. The maximum atomic E-state index is 10.7. The molecule has 0 bridgehead atoms. The summed E-state index contributed by atoms with van der Waals surface area (Å²) in [6, 6.07) is 61.4. The van der Waals surface area contributed by atoms with Crippen molar-refractivity contribution in [2.45, 2.75) is 0 Å². The first-order valence-electron chi connectivity index (χ1n) is 16.3. The summed E-state index contributed by atoms with van der Waals surface area (Å²) in [6.07, 6.45) is 0. The Labute approximate surface area is 283 Å². The second-order valence-electron chi connectivity index (χ2n) is 12.3. The van der Waals surface area contributed by atoms with Crippen LogP contribution in [0.4, 0.5) is 0 Å². The Kier molecular flexibility index (Phi) is 6.58. The molecule has 0 aliphatic heterocycles. The van der Waals surface area contributed by atoms with Crippen molar-refractivity contribution in [3.63, 3.8) is 0 Å². The zero-order chi connectivity index (χ0) is 32.9. The number of benzene rings is 8. The Hall–Kier alpha value is -6.94. The van der Waals surface area contributed by atoms with Crippen molar-refractivity contribution < 1.29 is 0 Å². The number of rotatable bonds is 4. The van der Waals surface area contributed by atoms with E-state index in [1.54, 1.807) is 6.07 Å². The maximum absolute atomic E-state index is 10.7. The molecule has 0 unspecified atom stereocenters. The van der Waals surface area contributed by atoms with E-state index in [9.17, 15) is 10.5 Å². The second-order valence-corrected chi connectivity index (χ2v) is 12.3. The predicted octanol–water partition coefficient (Wildman–Crippen LogP) is 11.8. The molecule has 1 heterocycles. The maximum Gasteiger partial charge on any atom is 0.101 e. The molecule has 9 rings (SSSR count). The third-order valence-corrected chi connectivity index (χ3v) is 9.70. The average Bonchev–Trinajstić information content (AvgIpc) is 3.51. The number of hydrogen-bond donors (Lipinski definition) is 0. The Morgan fingerprint density at radius 1 is 0.367 bits per heavy atom. The number of fused-ring (bicyclic) bond motifs is 5. The smallest absolute Gasteiger partial charge is 0.101 e. The number of nitriles is 2. The highest BCUT2D eigenvalue weighted by Gasteiger charge is 2.23. The van der Waals surface area contributed by atoms with Crippen LogP contribution in [0.25, 0.3) is 82.4 Å². The van der Waals surface area contributed by atoms with E-state index in [1.165, 1.54) is 10.8 Å². The van der Waals surface area contributed by atoms with E-state index in [2.05, 4.69) is 162 Å². The van der Waals surface area contributed by atoms with E-state index in [4.69, 9.17) is 0 Å². The van der Waals surface area contributed by atoms with Gasteiger partial charge in [0.2, 0.25) is 0 Å². The van der Waals surface area contributed by atoms with Gasteiger partial charge in [0.1, 0.15) is 12.1 Å². The van der Waals surface area contributed by atoms with Crippen molar-refractivity contribution in [3.05, 3.63) is 175 Å². The molecular weight excluding hydrogens is 595 g/mol. The van der Waals surface area contributed by atoms with Gasteiger partial charge in [-0.05, 0) is 79.7 Å². The highest BCUT2D eigenvalue weighted by molar-refractivity contribution is 6.23. The van der Waals surface area contributed by atoms with Crippen LogP contribution in [0.3, 0.4) is 0 Å². The van der Waals surface area contributed by atoms with Crippen LogP contribution in [0.1, 0.15) is 11.1 Å². The molecule has 0 spiro atoms. The molecule has 0 saturated heterocycles. The second kappa shape index (κ2) is 11.4. The number of para-hydroxylation sites is 2. The van der Waals surface area contributed by atoms with E-state index < -0.39 is 0 Å². The summed E-state index contributed by atoms with van der Waals surface area (Å²) < 4.78 is 2.30. The monoisotopic (exact) mass is 621 g/mol. The van der Waals surface area contributed by atoms with Gasteiger partial charge in [-0.25, -0.2) is 0 Å². The van der Waals surface area contributed by atoms with Gasteiger partial charge < -0.3 is 4.57 Å². The fourth-order valence-electron chi connectivity index (χ4n) is 7.62. The molecule has 0 radical (unpaired) electrons. The number of aromatic nitrogens is 1. The Bertz CT molecular complexity index is 2720. The van der Waals surface area contributed by atoms with Gasteiger partial charge in [-0.1, -0.05) is 133 Å². The van der Waals surface area contributed by atoms with E-state index in [1.807, 2.05) is 12.1 Å². The largest absolute Gasteiger partial charge is 0.309 e. The van der Waals surface area contributed by atoms with Crippen LogP contribution in [0.2, 0.25) is 0 Å². The minimum atomic E-state index is 0.364. The number of nitrogens with zero attached hydrogens (tertiary/aromatic N) is 3. The van der Waals surface area contributed by atoms with Gasteiger partial charge in [0, 0.05) is 22.0 Å². The van der Waals surface area contributed by atoms with Crippen molar-refractivity contribution >= 4 is 43.4 Å². The van der Waals surface area contributed by atoms with Crippen LogP contribution in [0.5, 0.6) is 0 Å². The topological polar surface area (TPSA) is 52.5 Å². The summed E-state index contributed by atoms with van der Waals surface area (Å²) in [7, 11) is 0. The molecule has 9 aromatic rings. The van der Waals surface area contributed by atoms with Gasteiger partial charge in [0.15, 0.2) is 0 Å². The molecular formula is C46H27N3. The average molecular weight is 622 g/mol. The van der Waals surface area contributed by atoms with Crippen molar-refractivity contribution in [2.75, 3.05) is 0 Å². The minimum Gasteiger partial charge on any atom is -0.309 e. The highest BCUT2D eigenvalue weighted by Crippen LogP contribution is 2.47. The van der Waals surface area contributed by atoms with Gasteiger partial charge >= 0.3 is 0 Å². The predicted molar refractivity (Wildman–Crippen MR) is 202 cm³/mol. The summed E-state index contributed by atoms with van der Waals surface area (Å²) in [6.45, 7) is 0. The van der Waals surface area contributed by atoms with Crippen LogP contribution < -0.4 is 0 Å². The Balaban J connectivity index is 1.33. The van der Waals surface area contributed by atoms with Crippen LogP contribution in [0, 0.1) is 22.7 Å². The molecule has 49 heavy (non-hydrogen) atoms. The van der Waals surface area contributed by atoms with Gasteiger partial charge in [-0.15, -0.1) is 0 Å². The van der Waals surface area contributed by atoms with E-state index in [-0.39, 0.29) is 0 Å². The number of hydrogen-bond acceptors (Lipinski definition) is 2. The van der Waals surface area contributed by atoms with E-state index in [0.29, 0.717) is 11.1 Å². The molecule has 226 valence electrons. The first-order valence-corrected chi connectivity index (χ1v) is 16.3. The molecule has 0 atom stereocenters. The molecule has 1 aromatic heterocycles. The zero-order valence-electron chi connectivity index (χ0n) is 26.4. The Morgan fingerprint density at radius 3 is 1.39 bits per heavy atom. The van der Waals surface area contributed by atoms with Crippen molar-refractivity contribution in [3.8, 4) is 51.2 Å².